The number of carbonyl (C=O) groups is 2. The van der Waals surface area contributed by atoms with Crippen molar-refractivity contribution in [3.63, 3.8) is 0 Å². The number of aryl methyl sites for hydroxylation is 1. The predicted octanol–water partition coefficient (Wildman–Crippen LogP) is 0.723. The number of benzene rings is 1. The number of aliphatic hydroxyl groups is 1. The molecule has 3 rings (SSSR count). The molecule has 1 heterocycles. The first kappa shape index (κ1) is 10.5. The number of piperidine rings is 1. The first-order chi connectivity index (χ1) is 8.15. The zero-order valence-corrected chi connectivity index (χ0v) is 9.46. The van der Waals surface area contributed by atoms with Crippen molar-refractivity contribution in [1.29, 1.82) is 0 Å². The molecule has 4 nitrogen and oxygen atoms in total. The van der Waals surface area contributed by atoms with E-state index in [4.69, 9.17) is 5.11 Å². The Morgan fingerprint density at radius 1 is 1.24 bits per heavy atom. The van der Waals surface area contributed by atoms with Crippen molar-refractivity contribution in [2.24, 2.45) is 17.8 Å². The van der Waals surface area contributed by atoms with Gasteiger partial charge in [-0.1, -0.05) is 12.1 Å². The summed E-state index contributed by atoms with van der Waals surface area (Å²) in [6, 6.07) is 7.35. The van der Waals surface area contributed by atoms with Gasteiger partial charge in [0.05, 0.1) is 17.5 Å². The summed E-state index contributed by atoms with van der Waals surface area (Å²) in [5, 5.41) is 9.03. The van der Waals surface area contributed by atoms with E-state index in [0.29, 0.717) is 5.69 Å². The van der Waals surface area contributed by atoms with Crippen molar-refractivity contribution in [1.82, 2.24) is 0 Å². The van der Waals surface area contributed by atoms with Gasteiger partial charge in [0.25, 0.3) is 0 Å². The van der Waals surface area contributed by atoms with Crippen molar-refractivity contribution in [2.45, 2.75) is 6.92 Å². The minimum Gasteiger partial charge on any atom is -0.396 e. The number of carbonyl (C=O) groups excluding carboxylic acids is 2. The van der Waals surface area contributed by atoms with E-state index in [9.17, 15) is 9.59 Å². The van der Waals surface area contributed by atoms with Crippen LogP contribution in [-0.2, 0) is 9.59 Å². The zero-order valence-electron chi connectivity index (χ0n) is 9.46. The molecule has 4 heteroatoms. The van der Waals surface area contributed by atoms with Crippen LogP contribution in [-0.4, -0.2) is 23.5 Å². The lowest BCUT2D eigenvalue weighted by Crippen LogP contribution is -2.35. The van der Waals surface area contributed by atoms with E-state index in [2.05, 4.69) is 0 Å². The van der Waals surface area contributed by atoms with Crippen molar-refractivity contribution in [3.8, 4) is 0 Å². The maximum atomic E-state index is 12.0. The van der Waals surface area contributed by atoms with Crippen LogP contribution in [0.2, 0.25) is 0 Å². The van der Waals surface area contributed by atoms with Crippen LogP contribution < -0.4 is 4.90 Å². The molecule has 1 aromatic carbocycles. The first-order valence-corrected chi connectivity index (χ1v) is 5.70. The summed E-state index contributed by atoms with van der Waals surface area (Å²) in [5.41, 5.74) is 1.66. The molecule has 1 N–H and O–H groups in total. The van der Waals surface area contributed by atoms with Crippen molar-refractivity contribution in [2.75, 3.05) is 11.5 Å². The van der Waals surface area contributed by atoms with Crippen molar-refractivity contribution >= 4 is 17.5 Å². The summed E-state index contributed by atoms with van der Waals surface area (Å²) < 4.78 is 0. The molecule has 1 aromatic rings. The monoisotopic (exact) mass is 231 g/mol. The lowest BCUT2D eigenvalue weighted by molar-refractivity contribution is -0.124. The number of hydrogen-bond donors (Lipinski definition) is 1. The zero-order chi connectivity index (χ0) is 12.2. The number of rotatable bonds is 2. The lowest BCUT2D eigenvalue weighted by Gasteiger charge is -2.18. The van der Waals surface area contributed by atoms with Crippen LogP contribution in [0.3, 0.4) is 0 Å². The number of aliphatic hydroxyl groups excluding tert-OH is 1. The lowest BCUT2D eigenvalue weighted by atomic mass is 10.2. The van der Waals surface area contributed by atoms with Gasteiger partial charge in [0, 0.05) is 12.5 Å². The Balaban J connectivity index is 1.93. The van der Waals surface area contributed by atoms with Crippen LogP contribution in [0.15, 0.2) is 24.3 Å². The fraction of sp³-hybridized carbons (Fsp3) is 0.385. The molecule has 1 aliphatic carbocycles. The minimum atomic E-state index is -0.284. The second-order valence-electron chi connectivity index (χ2n) is 4.75. The molecule has 0 bridgehead atoms. The second-order valence-corrected chi connectivity index (χ2v) is 4.75. The molecule has 17 heavy (non-hydrogen) atoms. The maximum absolute atomic E-state index is 12.0. The van der Waals surface area contributed by atoms with Crippen molar-refractivity contribution < 1.29 is 14.7 Å². The average molecular weight is 231 g/mol. The molecule has 1 aliphatic heterocycles. The van der Waals surface area contributed by atoms with E-state index in [1.54, 1.807) is 6.07 Å². The standard InChI is InChI=1S/C13H13NO3/c1-7-3-2-4-8(5-7)14-12(16)10-9(6-15)11(10)13(14)17/h2-5,9-11,15H,6H2,1H3. The third kappa shape index (κ3) is 1.34. The normalized spacial score (nSPS) is 30.7. The van der Waals surface area contributed by atoms with Gasteiger partial charge in [-0.3, -0.25) is 14.5 Å². The predicted molar refractivity (Wildman–Crippen MR) is 61.2 cm³/mol. The summed E-state index contributed by atoms with van der Waals surface area (Å²) in [6.07, 6.45) is 0. The molecular formula is C13H13NO3. The molecule has 88 valence electrons. The fourth-order valence-electron chi connectivity index (χ4n) is 2.70. The molecule has 0 radical (unpaired) electrons. The Hall–Kier alpha value is -1.68. The van der Waals surface area contributed by atoms with Crippen LogP contribution in [0.25, 0.3) is 0 Å². The first-order valence-electron chi connectivity index (χ1n) is 5.70. The van der Waals surface area contributed by atoms with E-state index in [1.807, 2.05) is 25.1 Å². The van der Waals surface area contributed by atoms with Crippen molar-refractivity contribution in [3.05, 3.63) is 29.8 Å². The van der Waals surface area contributed by atoms with Crippen LogP contribution in [0.4, 0.5) is 5.69 Å². The summed E-state index contributed by atoms with van der Waals surface area (Å²) in [7, 11) is 0. The van der Waals surface area contributed by atoms with E-state index in [0.717, 1.165) is 5.56 Å². The molecule has 2 aliphatic rings. The molecule has 1 saturated heterocycles. The maximum Gasteiger partial charge on any atom is 0.238 e. The van der Waals surface area contributed by atoms with Gasteiger partial charge in [-0.05, 0) is 24.6 Å². The highest BCUT2D eigenvalue weighted by Crippen LogP contribution is 2.53. The van der Waals surface area contributed by atoms with E-state index < -0.39 is 0 Å². The molecule has 2 atom stereocenters. The smallest absolute Gasteiger partial charge is 0.238 e. The van der Waals surface area contributed by atoms with E-state index in [-0.39, 0.29) is 36.2 Å². The van der Waals surface area contributed by atoms with E-state index in [1.165, 1.54) is 4.90 Å². The van der Waals surface area contributed by atoms with Crippen LogP contribution in [0.5, 0.6) is 0 Å². The largest absolute Gasteiger partial charge is 0.396 e. The third-order valence-corrected chi connectivity index (χ3v) is 3.65. The molecule has 2 unspecified atom stereocenters. The van der Waals surface area contributed by atoms with Gasteiger partial charge >= 0.3 is 0 Å². The molecule has 0 aromatic heterocycles. The summed E-state index contributed by atoms with van der Waals surface area (Å²) in [6.45, 7) is 1.85. The molecular weight excluding hydrogens is 218 g/mol. The topological polar surface area (TPSA) is 57.6 Å². The van der Waals surface area contributed by atoms with Crippen LogP contribution >= 0.6 is 0 Å². The van der Waals surface area contributed by atoms with Crippen LogP contribution in [0, 0.1) is 24.7 Å². The average Bonchev–Trinajstić information content (AvgIpc) is 2.97. The highest BCUT2D eigenvalue weighted by molar-refractivity contribution is 6.25. The highest BCUT2D eigenvalue weighted by Gasteiger charge is 2.67. The molecule has 2 amide bonds. The summed E-state index contributed by atoms with van der Waals surface area (Å²) in [5.74, 6) is -1.04. The Morgan fingerprint density at radius 3 is 2.41 bits per heavy atom. The Kier molecular flexibility index (Phi) is 2.10. The quantitative estimate of drug-likeness (QED) is 0.763. The van der Waals surface area contributed by atoms with E-state index >= 15 is 0 Å². The second kappa shape index (κ2) is 3.40. The number of amides is 2. The van der Waals surface area contributed by atoms with Gasteiger partial charge in [0.2, 0.25) is 11.8 Å². The van der Waals surface area contributed by atoms with Gasteiger partial charge in [0.15, 0.2) is 0 Å². The number of anilines is 1. The molecule has 0 spiro atoms. The minimum absolute atomic E-state index is 0.0749. The van der Waals surface area contributed by atoms with Gasteiger partial charge in [0.1, 0.15) is 0 Å². The highest BCUT2D eigenvalue weighted by atomic mass is 16.3. The fourth-order valence-corrected chi connectivity index (χ4v) is 2.70. The molecule has 1 saturated carbocycles. The third-order valence-electron chi connectivity index (χ3n) is 3.65. The Morgan fingerprint density at radius 2 is 1.88 bits per heavy atom. The number of fused-ring (bicyclic) bond motifs is 1. The molecule has 2 fully saturated rings. The van der Waals surface area contributed by atoms with Gasteiger partial charge < -0.3 is 5.11 Å². The van der Waals surface area contributed by atoms with Crippen LogP contribution in [0.1, 0.15) is 5.56 Å². The van der Waals surface area contributed by atoms with Gasteiger partial charge in [-0.2, -0.15) is 0 Å². The number of nitrogens with zero attached hydrogens (tertiary/aromatic N) is 1. The van der Waals surface area contributed by atoms with Gasteiger partial charge in [-0.15, -0.1) is 0 Å². The number of hydrogen-bond acceptors (Lipinski definition) is 3. The SMILES string of the molecule is Cc1cccc(N2C(=O)C3C(CO)C3C2=O)c1. The Bertz CT molecular complexity index is 489. The Labute approximate surface area is 98.9 Å². The van der Waals surface area contributed by atoms with Gasteiger partial charge in [-0.25, -0.2) is 0 Å². The summed E-state index contributed by atoms with van der Waals surface area (Å²) >= 11 is 0. The summed E-state index contributed by atoms with van der Waals surface area (Å²) in [4.78, 5) is 25.3. The number of imide groups is 1.